The van der Waals surface area contributed by atoms with Crippen LogP contribution >= 0.6 is 0 Å². The van der Waals surface area contributed by atoms with E-state index in [0.717, 1.165) is 19.3 Å². The first-order valence-electron chi connectivity index (χ1n) is 9.05. The maximum Gasteiger partial charge on any atom is 0.302 e. The summed E-state index contributed by atoms with van der Waals surface area (Å²) >= 11 is 0. The van der Waals surface area contributed by atoms with Crippen LogP contribution in [0.1, 0.15) is 60.3 Å². The molecule has 0 spiro atoms. The molecule has 0 N–H and O–H groups in total. The Kier molecular flexibility index (Phi) is 5.34. The summed E-state index contributed by atoms with van der Waals surface area (Å²) in [5, 5.41) is 0.227. The molecule has 0 amide bonds. The summed E-state index contributed by atoms with van der Waals surface area (Å²) in [5.41, 5.74) is 0. The van der Waals surface area contributed by atoms with Crippen LogP contribution < -0.4 is 0 Å². The van der Waals surface area contributed by atoms with Crippen LogP contribution in [-0.4, -0.2) is 20.4 Å². The highest BCUT2D eigenvalue weighted by atomic mass is 28.4. The lowest BCUT2D eigenvalue weighted by atomic mass is 9.68. The average Bonchev–Trinajstić information content (AvgIpc) is 2.35. The summed E-state index contributed by atoms with van der Waals surface area (Å²) < 4.78 is 12.2. The summed E-state index contributed by atoms with van der Waals surface area (Å²) in [6.45, 7) is 15.3. The Bertz CT molecular complexity index is 475. The van der Waals surface area contributed by atoms with Gasteiger partial charge in [-0.3, -0.25) is 4.79 Å². The van der Waals surface area contributed by atoms with E-state index < -0.39 is 8.32 Å². The van der Waals surface area contributed by atoms with Crippen LogP contribution in [0, 0.1) is 17.8 Å². The van der Waals surface area contributed by atoms with Gasteiger partial charge in [0.2, 0.25) is 8.32 Å². The monoisotopic (exact) mass is 338 g/mol. The van der Waals surface area contributed by atoms with Crippen LogP contribution in [0.2, 0.25) is 18.1 Å². The Morgan fingerprint density at radius 2 is 1.91 bits per heavy atom. The third-order valence-electron chi connectivity index (χ3n) is 6.01. The average molecular weight is 339 g/mol. The molecule has 4 heteroatoms. The molecule has 2 aliphatic rings. The van der Waals surface area contributed by atoms with E-state index in [1.54, 1.807) is 0 Å². The van der Waals surface area contributed by atoms with Gasteiger partial charge >= 0.3 is 5.97 Å². The second-order valence-electron chi connectivity index (χ2n) is 9.12. The zero-order chi connectivity index (χ0) is 17.4. The number of esters is 1. The molecule has 2 aliphatic carbocycles. The van der Waals surface area contributed by atoms with Crippen LogP contribution in [0.3, 0.4) is 0 Å². The first-order valence-corrected chi connectivity index (χ1v) is 12.0. The number of allylic oxidation sites excluding steroid dienone is 2. The topological polar surface area (TPSA) is 35.5 Å². The molecule has 0 aromatic rings. The smallest absolute Gasteiger partial charge is 0.302 e. The molecule has 0 radical (unpaired) electrons. The van der Waals surface area contributed by atoms with Crippen molar-refractivity contribution in [3.8, 4) is 0 Å². The third kappa shape index (κ3) is 4.40. The summed E-state index contributed by atoms with van der Waals surface area (Å²) in [5.74, 6) is 2.73. The lowest BCUT2D eigenvalue weighted by Gasteiger charge is -2.44. The number of carbonyl (C=O) groups excluding carboxylic acids is 1. The van der Waals surface area contributed by atoms with E-state index in [1.165, 1.54) is 19.1 Å². The number of ether oxygens (including phenoxy) is 1. The Morgan fingerprint density at radius 3 is 2.48 bits per heavy atom. The first-order chi connectivity index (χ1) is 10.5. The second-order valence-corrected chi connectivity index (χ2v) is 13.8. The van der Waals surface area contributed by atoms with Crippen molar-refractivity contribution < 1.29 is 14.0 Å². The molecule has 0 aliphatic heterocycles. The highest BCUT2D eigenvalue weighted by Gasteiger charge is 2.43. The minimum Gasteiger partial charge on any atom is -0.547 e. The molecular weight excluding hydrogens is 304 g/mol. The number of hydrogen-bond acceptors (Lipinski definition) is 3. The van der Waals surface area contributed by atoms with Gasteiger partial charge in [-0.1, -0.05) is 27.7 Å². The van der Waals surface area contributed by atoms with E-state index >= 15 is 0 Å². The molecule has 132 valence electrons. The summed E-state index contributed by atoms with van der Waals surface area (Å²) in [6, 6.07) is 0. The second kappa shape index (κ2) is 6.62. The van der Waals surface area contributed by atoms with Crippen molar-refractivity contribution in [1.29, 1.82) is 0 Å². The first kappa shape index (κ1) is 18.6. The van der Waals surface area contributed by atoms with E-state index in [1.807, 2.05) is 0 Å². The fraction of sp³-hybridized carbons (Fsp3) is 0.842. The number of rotatable bonds is 3. The van der Waals surface area contributed by atoms with Gasteiger partial charge in [0.15, 0.2) is 0 Å². The van der Waals surface area contributed by atoms with Gasteiger partial charge in [-0.15, -0.1) is 0 Å². The van der Waals surface area contributed by atoms with Gasteiger partial charge in [-0.05, 0) is 55.3 Å². The molecule has 0 aromatic heterocycles. The predicted octanol–water partition coefficient (Wildman–Crippen LogP) is 5.28. The lowest BCUT2D eigenvalue weighted by Crippen LogP contribution is -2.43. The van der Waals surface area contributed by atoms with Crippen molar-refractivity contribution >= 4 is 14.3 Å². The van der Waals surface area contributed by atoms with Crippen molar-refractivity contribution in [3.63, 3.8) is 0 Å². The minimum atomic E-state index is -1.76. The van der Waals surface area contributed by atoms with E-state index in [2.05, 4.69) is 46.9 Å². The minimum absolute atomic E-state index is 0.0897. The van der Waals surface area contributed by atoms with E-state index in [9.17, 15) is 4.79 Å². The molecule has 3 nitrogen and oxygen atoms in total. The maximum absolute atomic E-state index is 11.4. The van der Waals surface area contributed by atoms with Crippen molar-refractivity contribution in [2.75, 3.05) is 0 Å². The molecule has 0 bridgehead atoms. The van der Waals surface area contributed by atoms with E-state index in [-0.39, 0.29) is 17.1 Å². The van der Waals surface area contributed by atoms with Crippen LogP contribution in [0.15, 0.2) is 11.8 Å². The Morgan fingerprint density at radius 1 is 1.26 bits per heavy atom. The zero-order valence-corrected chi connectivity index (χ0v) is 16.9. The van der Waals surface area contributed by atoms with Gasteiger partial charge in [0, 0.05) is 19.3 Å². The quantitative estimate of drug-likeness (QED) is 0.519. The summed E-state index contributed by atoms with van der Waals surface area (Å²) in [4.78, 5) is 11.4. The van der Waals surface area contributed by atoms with Crippen LogP contribution in [0.25, 0.3) is 0 Å². The van der Waals surface area contributed by atoms with Crippen molar-refractivity contribution in [3.05, 3.63) is 11.8 Å². The molecular formula is C19H34O3Si. The van der Waals surface area contributed by atoms with Crippen LogP contribution in [0.4, 0.5) is 0 Å². The SMILES string of the molecule is CC(=O)O[C@H]1C[C@H](C)C[C@H]2CC(O[Si](C)(C)C(C)(C)C)=CC[C@H]21. The number of hydrogen-bond donors (Lipinski definition) is 0. The lowest BCUT2D eigenvalue weighted by molar-refractivity contribution is -0.154. The molecule has 2 rings (SSSR count). The summed E-state index contributed by atoms with van der Waals surface area (Å²) in [6.07, 6.45) is 6.59. The highest BCUT2D eigenvalue weighted by molar-refractivity contribution is 6.74. The highest BCUT2D eigenvalue weighted by Crippen LogP contribution is 2.46. The Labute approximate surface area is 142 Å². The molecule has 0 heterocycles. The Balaban J connectivity index is 2.09. The van der Waals surface area contributed by atoms with Gasteiger partial charge in [0.1, 0.15) is 6.10 Å². The fourth-order valence-electron chi connectivity index (χ4n) is 3.76. The zero-order valence-electron chi connectivity index (χ0n) is 15.9. The van der Waals surface area contributed by atoms with Gasteiger partial charge in [-0.2, -0.15) is 0 Å². The molecule has 1 fully saturated rings. The van der Waals surface area contributed by atoms with Gasteiger partial charge in [0.25, 0.3) is 0 Å². The standard InChI is InChI=1S/C19H34O3Si/c1-13-10-15-12-16(22-23(6,7)19(3,4)5)8-9-17(15)18(11-13)21-14(2)20/h8,13,15,17-18H,9-12H2,1-7H3/t13-,15+,17-,18+/m1/s1. The summed E-state index contributed by atoms with van der Waals surface area (Å²) in [7, 11) is -1.76. The molecule has 23 heavy (non-hydrogen) atoms. The molecule has 0 aromatic carbocycles. The van der Waals surface area contributed by atoms with Crippen LogP contribution in [-0.2, 0) is 14.0 Å². The van der Waals surface area contributed by atoms with Gasteiger partial charge < -0.3 is 9.16 Å². The van der Waals surface area contributed by atoms with Crippen LogP contribution in [0.5, 0.6) is 0 Å². The van der Waals surface area contributed by atoms with Gasteiger partial charge in [0.05, 0.1) is 5.76 Å². The van der Waals surface area contributed by atoms with E-state index in [0.29, 0.717) is 17.8 Å². The van der Waals surface area contributed by atoms with Crippen molar-refractivity contribution in [2.24, 2.45) is 17.8 Å². The molecule has 0 saturated heterocycles. The number of carbonyl (C=O) groups is 1. The largest absolute Gasteiger partial charge is 0.547 e. The third-order valence-corrected chi connectivity index (χ3v) is 10.4. The molecule has 0 unspecified atom stereocenters. The Hall–Kier alpha value is -0.773. The number of fused-ring (bicyclic) bond motifs is 1. The maximum atomic E-state index is 11.4. The van der Waals surface area contributed by atoms with Gasteiger partial charge in [-0.25, -0.2) is 0 Å². The van der Waals surface area contributed by atoms with E-state index in [4.69, 9.17) is 9.16 Å². The van der Waals surface area contributed by atoms with Crippen molar-refractivity contribution in [2.45, 2.75) is 84.5 Å². The molecule has 4 atom stereocenters. The normalized spacial score (nSPS) is 31.9. The fourth-order valence-corrected chi connectivity index (χ4v) is 4.89. The molecule has 1 saturated carbocycles. The predicted molar refractivity (Wildman–Crippen MR) is 96.5 cm³/mol. The van der Waals surface area contributed by atoms with Crippen molar-refractivity contribution in [1.82, 2.24) is 0 Å².